The zero-order valence-electron chi connectivity index (χ0n) is 12.9. The van der Waals surface area contributed by atoms with Crippen LogP contribution >= 0.6 is 0 Å². The van der Waals surface area contributed by atoms with Crippen molar-refractivity contribution >= 4 is 11.0 Å². The van der Waals surface area contributed by atoms with Gasteiger partial charge in [-0.1, -0.05) is 43.9 Å². The van der Waals surface area contributed by atoms with Gasteiger partial charge in [0.15, 0.2) is 0 Å². The van der Waals surface area contributed by atoms with Gasteiger partial charge in [0.2, 0.25) is 0 Å². The number of hydrogen-bond donors (Lipinski definition) is 1. The molecule has 4 heteroatoms. The molecule has 0 heterocycles. The Morgan fingerprint density at radius 3 is 2.43 bits per heavy atom. The maximum Gasteiger partial charge on any atom is 0.126 e. The van der Waals surface area contributed by atoms with Crippen LogP contribution in [0.2, 0.25) is 0 Å². The first-order chi connectivity index (χ1) is 10.1. The van der Waals surface area contributed by atoms with E-state index in [-0.39, 0.29) is 0 Å². The van der Waals surface area contributed by atoms with Crippen molar-refractivity contribution in [3.8, 4) is 6.07 Å². The molecule has 0 saturated heterocycles. The van der Waals surface area contributed by atoms with Gasteiger partial charge in [0.1, 0.15) is 16.5 Å². The minimum atomic E-state index is -1.34. The highest BCUT2D eigenvalue weighted by atomic mass is 32.2. The number of nitrogens with one attached hydrogen (secondary N) is 1. The van der Waals surface area contributed by atoms with Crippen LogP contribution in [0.5, 0.6) is 0 Å². The predicted molar refractivity (Wildman–Crippen MR) is 85.9 cm³/mol. The Bertz CT molecular complexity index is 529. The quantitative estimate of drug-likeness (QED) is 0.898. The zero-order valence-corrected chi connectivity index (χ0v) is 13.7. The van der Waals surface area contributed by atoms with E-state index in [2.05, 4.69) is 10.8 Å². The molecule has 1 aromatic carbocycles. The van der Waals surface area contributed by atoms with E-state index < -0.39 is 16.5 Å². The van der Waals surface area contributed by atoms with Crippen molar-refractivity contribution in [2.75, 3.05) is 0 Å². The van der Waals surface area contributed by atoms with E-state index in [1.165, 1.54) is 19.3 Å². The lowest BCUT2D eigenvalue weighted by Gasteiger charge is -2.37. The molecule has 0 aliphatic heterocycles. The average Bonchev–Trinajstić information content (AvgIpc) is 2.54. The molecule has 0 bridgehead atoms. The smallest absolute Gasteiger partial charge is 0.126 e. The van der Waals surface area contributed by atoms with Crippen molar-refractivity contribution in [2.24, 2.45) is 5.92 Å². The Kier molecular flexibility index (Phi) is 5.55. The molecular formula is C17H24N2OS. The van der Waals surface area contributed by atoms with Gasteiger partial charge in [-0.2, -0.15) is 5.26 Å². The normalized spacial score (nSPS) is 20.4. The fourth-order valence-electron chi connectivity index (χ4n) is 3.12. The van der Waals surface area contributed by atoms with Crippen LogP contribution in [-0.2, 0) is 11.0 Å². The van der Waals surface area contributed by atoms with Gasteiger partial charge >= 0.3 is 0 Å². The first-order valence-corrected chi connectivity index (χ1v) is 8.94. The highest BCUT2D eigenvalue weighted by Gasteiger charge is 2.39. The van der Waals surface area contributed by atoms with E-state index in [1.54, 1.807) is 0 Å². The molecule has 1 aromatic rings. The van der Waals surface area contributed by atoms with Crippen LogP contribution in [0.3, 0.4) is 0 Å². The topological polar surface area (TPSA) is 52.9 Å². The molecule has 1 saturated carbocycles. The zero-order chi connectivity index (χ0) is 15.3. The molecule has 1 aliphatic carbocycles. The largest absolute Gasteiger partial charge is 0.237 e. The van der Waals surface area contributed by atoms with Crippen LogP contribution in [0.1, 0.15) is 51.0 Å². The van der Waals surface area contributed by atoms with Crippen molar-refractivity contribution in [3.63, 3.8) is 0 Å². The number of aryl methyl sites for hydroxylation is 1. The lowest BCUT2D eigenvalue weighted by Crippen LogP contribution is -2.51. The van der Waals surface area contributed by atoms with Crippen molar-refractivity contribution in [1.82, 2.24) is 4.72 Å². The molecule has 114 valence electrons. The van der Waals surface area contributed by atoms with Crippen molar-refractivity contribution in [3.05, 3.63) is 29.8 Å². The molecule has 21 heavy (non-hydrogen) atoms. The molecule has 0 spiro atoms. The minimum Gasteiger partial charge on any atom is -0.237 e. The number of hydrogen-bond acceptors (Lipinski definition) is 2. The predicted octanol–water partition coefficient (Wildman–Crippen LogP) is 3.86. The van der Waals surface area contributed by atoms with Gasteiger partial charge in [-0.3, -0.25) is 0 Å². The molecule has 1 N–H and O–H groups in total. The van der Waals surface area contributed by atoms with Gasteiger partial charge in [-0.25, -0.2) is 8.93 Å². The molecule has 0 aromatic heterocycles. The van der Waals surface area contributed by atoms with Crippen molar-refractivity contribution in [2.45, 2.75) is 62.8 Å². The average molecular weight is 304 g/mol. The second-order valence-electron chi connectivity index (χ2n) is 5.96. The molecule has 1 fully saturated rings. The Balaban J connectivity index is 2.17. The van der Waals surface area contributed by atoms with Crippen LogP contribution in [-0.4, -0.2) is 9.75 Å². The van der Waals surface area contributed by atoms with Crippen molar-refractivity contribution in [1.29, 1.82) is 5.26 Å². The Morgan fingerprint density at radius 2 is 1.90 bits per heavy atom. The van der Waals surface area contributed by atoms with E-state index >= 15 is 0 Å². The van der Waals surface area contributed by atoms with Crippen LogP contribution < -0.4 is 4.72 Å². The molecule has 2 rings (SSSR count). The summed E-state index contributed by atoms with van der Waals surface area (Å²) in [5, 5.41) is 9.72. The van der Waals surface area contributed by atoms with Crippen LogP contribution in [0.4, 0.5) is 0 Å². The summed E-state index contributed by atoms with van der Waals surface area (Å²) in [5.41, 5.74) is 0.473. The van der Waals surface area contributed by atoms with Gasteiger partial charge in [0.25, 0.3) is 0 Å². The third-order valence-electron chi connectivity index (χ3n) is 4.57. The second-order valence-corrected chi connectivity index (χ2v) is 7.17. The Hall–Kier alpha value is -1.18. The molecule has 1 aliphatic rings. The van der Waals surface area contributed by atoms with Crippen LogP contribution in [0, 0.1) is 24.2 Å². The molecule has 0 unspecified atom stereocenters. The molecular weight excluding hydrogens is 280 g/mol. The van der Waals surface area contributed by atoms with Gasteiger partial charge in [0, 0.05) is 0 Å². The van der Waals surface area contributed by atoms with E-state index in [0.29, 0.717) is 12.3 Å². The lowest BCUT2D eigenvalue weighted by atomic mass is 9.74. The Morgan fingerprint density at radius 1 is 1.29 bits per heavy atom. The monoisotopic (exact) mass is 304 g/mol. The van der Waals surface area contributed by atoms with E-state index in [4.69, 9.17) is 0 Å². The number of nitriles is 1. The number of rotatable bonds is 5. The van der Waals surface area contributed by atoms with Gasteiger partial charge < -0.3 is 0 Å². The lowest BCUT2D eigenvalue weighted by molar-refractivity contribution is 0.233. The first kappa shape index (κ1) is 16.2. The summed E-state index contributed by atoms with van der Waals surface area (Å²) in [4.78, 5) is 0.740. The summed E-state index contributed by atoms with van der Waals surface area (Å²) in [6, 6.07) is 10.1. The molecule has 3 nitrogen and oxygen atoms in total. The van der Waals surface area contributed by atoms with Gasteiger partial charge in [-0.15, -0.1) is 0 Å². The first-order valence-electron chi connectivity index (χ1n) is 7.79. The summed E-state index contributed by atoms with van der Waals surface area (Å²) in [6.07, 6.45) is 6.40. The molecule has 2 atom stereocenters. The summed E-state index contributed by atoms with van der Waals surface area (Å²) in [7, 11) is -1.34. The molecule has 0 amide bonds. The summed E-state index contributed by atoms with van der Waals surface area (Å²) >= 11 is 0. The van der Waals surface area contributed by atoms with Gasteiger partial charge in [-0.05, 0) is 44.2 Å². The second kappa shape index (κ2) is 7.20. The van der Waals surface area contributed by atoms with Crippen LogP contribution in [0.25, 0.3) is 0 Å². The minimum absolute atomic E-state index is 0.302. The van der Waals surface area contributed by atoms with E-state index in [0.717, 1.165) is 23.3 Å². The number of nitrogens with zero attached hydrogens (tertiary/aromatic N) is 1. The van der Waals surface area contributed by atoms with E-state index in [1.807, 2.05) is 38.1 Å². The highest BCUT2D eigenvalue weighted by Crippen LogP contribution is 2.35. The summed E-state index contributed by atoms with van der Waals surface area (Å²) in [6.45, 7) is 4.02. The Labute approximate surface area is 130 Å². The summed E-state index contributed by atoms with van der Waals surface area (Å²) < 4.78 is 15.7. The fourth-order valence-corrected chi connectivity index (χ4v) is 4.31. The van der Waals surface area contributed by atoms with Gasteiger partial charge in [0.05, 0.1) is 11.0 Å². The standard InChI is InChI=1S/C17H24N2OS/c1-3-17(13-18,15-7-5-4-6-8-15)19-21(20)16-11-9-14(2)10-12-16/h9-12,15,19H,3-8H2,1-2H3/t17-,21+/m1/s1. The number of benzene rings is 1. The van der Waals surface area contributed by atoms with Crippen LogP contribution in [0.15, 0.2) is 29.2 Å². The third-order valence-corrected chi connectivity index (χ3v) is 5.82. The fraction of sp³-hybridized carbons (Fsp3) is 0.588. The van der Waals surface area contributed by atoms with E-state index in [9.17, 15) is 9.47 Å². The maximum absolute atomic E-state index is 12.6. The summed E-state index contributed by atoms with van der Waals surface area (Å²) in [5.74, 6) is 0.302. The van der Waals surface area contributed by atoms with Crippen molar-refractivity contribution < 1.29 is 4.21 Å². The highest BCUT2D eigenvalue weighted by molar-refractivity contribution is 7.83. The SMILES string of the molecule is CC[C@](C#N)(N[S@@](=O)c1ccc(C)cc1)C1CCCCC1. The maximum atomic E-state index is 12.6. The third kappa shape index (κ3) is 3.72. The molecule has 0 radical (unpaired) electrons.